The van der Waals surface area contributed by atoms with Gasteiger partial charge in [0.1, 0.15) is 9.84 Å². The molecule has 0 bridgehead atoms. The zero-order valence-electron chi connectivity index (χ0n) is 10.2. The Morgan fingerprint density at radius 1 is 1.50 bits per heavy atom. The first-order chi connectivity index (χ1) is 8.46. The third kappa shape index (κ3) is 3.52. The van der Waals surface area contributed by atoms with E-state index in [0.717, 1.165) is 9.88 Å². The van der Waals surface area contributed by atoms with Crippen LogP contribution in [0, 0.1) is 12.8 Å². The Kier molecular flexibility index (Phi) is 4.01. The lowest BCUT2D eigenvalue weighted by Crippen LogP contribution is -2.35. The number of thiazole rings is 1. The molecule has 0 radical (unpaired) electrons. The fourth-order valence-electron chi connectivity index (χ4n) is 1.96. The van der Waals surface area contributed by atoms with Gasteiger partial charge in [-0.25, -0.2) is 13.4 Å². The summed E-state index contributed by atoms with van der Waals surface area (Å²) < 4.78 is 22.5. The number of carbonyl (C=O) groups excluding carboxylic acids is 1. The van der Waals surface area contributed by atoms with Crippen LogP contribution in [0.4, 0.5) is 0 Å². The summed E-state index contributed by atoms with van der Waals surface area (Å²) in [6, 6.07) is 0. The molecule has 0 aliphatic carbocycles. The number of sulfone groups is 1. The minimum Gasteiger partial charge on any atom is -0.351 e. The molecular formula is C11H16N2O3S2. The molecule has 0 saturated carbocycles. The first-order valence-electron chi connectivity index (χ1n) is 5.86. The number of aryl methyl sites for hydroxylation is 1. The van der Waals surface area contributed by atoms with Crippen molar-refractivity contribution in [2.24, 2.45) is 5.92 Å². The molecule has 2 rings (SSSR count). The monoisotopic (exact) mass is 288 g/mol. The number of nitrogens with one attached hydrogen (secondary N) is 1. The van der Waals surface area contributed by atoms with Gasteiger partial charge in [0.05, 0.1) is 23.1 Å². The minimum absolute atomic E-state index is 0.0454. The molecule has 5 nitrogen and oxygen atoms in total. The predicted molar refractivity (Wildman–Crippen MR) is 70.1 cm³/mol. The highest BCUT2D eigenvalue weighted by Crippen LogP contribution is 2.19. The molecule has 0 unspecified atom stereocenters. The first kappa shape index (κ1) is 13.5. The van der Waals surface area contributed by atoms with E-state index in [1.807, 2.05) is 6.92 Å². The third-order valence-electron chi connectivity index (χ3n) is 3.03. The third-order valence-corrected chi connectivity index (χ3v) is 5.66. The molecule has 18 heavy (non-hydrogen) atoms. The van der Waals surface area contributed by atoms with Crippen LogP contribution < -0.4 is 5.32 Å². The first-order valence-corrected chi connectivity index (χ1v) is 8.49. The summed E-state index contributed by atoms with van der Waals surface area (Å²) in [4.78, 5) is 17.0. The van der Waals surface area contributed by atoms with Crippen LogP contribution in [-0.2, 0) is 21.2 Å². The molecule has 100 valence electrons. The highest BCUT2D eigenvalue weighted by atomic mass is 32.2. The molecule has 1 amide bonds. The number of aromatic nitrogens is 1. The molecule has 1 aliphatic rings. The highest BCUT2D eigenvalue weighted by Gasteiger charge is 2.28. The van der Waals surface area contributed by atoms with Gasteiger partial charge in [0, 0.05) is 17.0 Å². The number of amides is 1. The number of carbonyl (C=O) groups is 1. The summed E-state index contributed by atoms with van der Waals surface area (Å²) in [6.45, 7) is 2.40. The van der Waals surface area contributed by atoms with Crippen LogP contribution in [0.3, 0.4) is 0 Å². The van der Waals surface area contributed by atoms with Gasteiger partial charge in [-0.2, -0.15) is 0 Å². The van der Waals surface area contributed by atoms with Crippen molar-refractivity contribution in [1.29, 1.82) is 0 Å². The van der Waals surface area contributed by atoms with Crippen molar-refractivity contribution >= 4 is 27.1 Å². The zero-order valence-corrected chi connectivity index (χ0v) is 11.8. The number of nitrogens with zero attached hydrogens (tertiary/aromatic N) is 1. The van der Waals surface area contributed by atoms with Crippen LogP contribution in [0.15, 0.2) is 6.20 Å². The summed E-state index contributed by atoms with van der Waals surface area (Å²) in [6.07, 6.45) is 2.64. The molecule has 1 aliphatic heterocycles. The Morgan fingerprint density at radius 2 is 2.17 bits per heavy atom. The highest BCUT2D eigenvalue weighted by molar-refractivity contribution is 7.91. The maximum absolute atomic E-state index is 11.9. The molecule has 7 heteroatoms. The summed E-state index contributed by atoms with van der Waals surface area (Å²) in [5.41, 5.74) is 0. The largest absolute Gasteiger partial charge is 0.351 e. The second kappa shape index (κ2) is 5.36. The number of hydrogen-bond donors (Lipinski definition) is 1. The Balaban J connectivity index is 1.82. The van der Waals surface area contributed by atoms with Gasteiger partial charge in [0.25, 0.3) is 0 Å². The average Bonchev–Trinajstić information content (AvgIpc) is 2.72. The van der Waals surface area contributed by atoms with Crippen LogP contribution in [0.1, 0.15) is 22.7 Å². The smallest absolute Gasteiger partial charge is 0.223 e. The molecule has 2 heterocycles. The van der Waals surface area contributed by atoms with Crippen LogP contribution in [-0.4, -0.2) is 30.8 Å². The van der Waals surface area contributed by atoms with Crippen molar-refractivity contribution < 1.29 is 13.2 Å². The average molecular weight is 288 g/mol. The summed E-state index contributed by atoms with van der Waals surface area (Å²) in [7, 11) is -2.90. The van der Waals surface area contributed by atoms with E-state index in [9.17, 15) is 13.2 Å². The van der Waals surface area contributed by atoms with Crippen molar-refractivity contribution in [3.8, 4) is 0 Å². The lowest BCUT2D eigenvalue weighted by atomic mass is 10.0. The Bertz CT molecular complexity index is 522. The maximum atomic E-state index is 11.9. The molecule has 1 fully saturated rings. The second-order valence-corrected chi connectivity index (χ2v) is 8.11. The van der Waals surface area contributed by atoms with Crippen molar-refractivity contribution in [2.75, 3.05) is 11.5 Å². The van der Waals surface area contributed by atoms with Gasteiger partial charge in [0.2, 0.25) is 5.91 Å². The molecule has 1 N–H and O–H groups in total. The van der Waals surface area contributed by atoms with Gasteiger partial charge in [-0.05, 0) is 19.8 Å². The van der Waals surface area contributed by atoms with E-state index < -0.39 is 9.84 Å². The van der Waals surface area contributed by atoms with E-state index in [4.69, 9.17) is 0 Å². The van der Waals surface area contributed by atoms with Crippen molar-refractivity contribution in [2.45, 2.75) is 26.3 Å². The molecule has 0 atom stereocenters. The SMILES string of the molecule is Cc1ncc(CNC(=O)C2CCS(=O)(=O)CC2)s1. The molecule has 0 aromatic carbocycles. The van der Waals surface area contributed by atoms with Gasteiger partial charge >= 0.3 is 0 Å². The standard InChI is InChI=1S/C11H16N2O3S2/c1-8-12-6-10(17-8)7-13-11(14)9-2-4-18(15,16)5-3-9/h6,9H,2-5,7H2,1H3,(H,13,14). The Labute approximate surface area is 111 Å². The van der Waals surface area contributed by atoms with Crippen molar-refractivity contribution in [3.63, 3.8) is 0 Å². The maximum Gasteiger partial charge on any atom is 0.223 e. The fraction of sp³-hybridized carbons (Fsp3) is 0.636. The van der Waals surface area contributed by atoms with Gasteiger partial charge in [0.15, 0.2) is 0 Å². The van der Waals surface area contributed by atoms with E-state index in [-0.39, 0.29) is 23.3 Å². The summed E-state index contributed by atoms with van der Waals surface area (Å²) in [5, 5.41) is 3.82. The lowest BCUT2D eigenvalue weighted by Gasteiger charge is -2.20. The Hall–Kier alpha value is -0.950. The minimum atomic E-state index is -2.90. The van der Waals surface area contributed by atoms with Gasteiger partial charge in [-0.3, -0.25) is 4.79 Å². The van der Waals surface area contributed by atoms with E-state index in [0.29, 0.717) is 19.4 Å². The van der Waals surface area contributed by atoms with E-state index >= 15 is 0 Å². The quantitative estimate of drug-likeness (QED) is 0.896. The lowest BCUT2D eigenvalue weighted by molar-refractivity contribution is -0.125. The predicted octanol–water partition coefficient (Wildman–Crippen LogP) is 0.893. The van der Waals surface area contributed by atoms with Crippen LogP contribution in [0.5, 0.6) is 0 Å². The van der Waals surface area contributed by atoms with Crippen LogP contribution in [0.2, 0.25) is 0 Å². The van der Waals surface area contributed by atoms with Crippen molar-refractivity contribution in [1.82, 2.24) is 10.3 Å². The molecule has 1 aromatic rings. The van der Waals surface area contributed by atoms with Crippen LogP contribution >= 0.6 is 11.3 Å². The van der Waals surface area contributed by atoms with E-state index in [2.05, 4.69) is 10.3 Å². The molecular weight excluding hydrogens is 272 g/mol. The van der Waals surface area contributed by atoms with E-state index in [1.54, 1.807) is 17.5 Å². The molecule has 1 saturated heterocycles. The van der Waals surface area contributed by atoms with Gasteiger partial charge in [-0.15, -0.1) is 11.3 Å². The second-order valence-electron chi connectivity index (χ2n) is 4.49. The van der Waals surface area contributed by atoms with Gasteiger partial charge in [-0.1, -0.05) is 0 Å². The summed E-state index contributed by atoms with van der Waals surface area (Å²) in [5.74, 6) is 0.0497. The number of rotatable bonds is 3. The topological polar surface area (TPSA) is 76.1 Å². The Morgan fingerprint density at radius 3 is 2.72 bits per heavy atom. The summed E-state index contributed by atoms with van der Waals surface area (Å²) >= 11 is 1.55. The van der Waals surface area contributed by atoms with Crippen molar-refractivity contribution in [3.05, 3.63) is 16.1 Å². The van der Waals surface area contributed by atoms with E-state index in [1.165, 1.54) is 0 Å². The van der Waals surface area contributed by atoms with Crippen LogP contribution in [0.25, 0.3) is 0 Å². The number of hydrogen-bond acceptors (Lipinski definition) is 5. The fourth-order valence-corrected chi connectivity index (χ4v) is 4.18. The van der Waals surface area contributed by atoms with Gasteiger partial charge < -0.3 is 5.32 Å². The molecule has 0 spiro atoms. The normalized spacial score (nSPS) is 19.6. The molecule has 1 aromatic heterocycles. The zero-order chi connectivity index (χ0) is 13.2.